The van der Waals surface area contributed by atoms with Gasteiger partial charge in [-0.1, -0.05) is 38.3 Å². The molecule has 1 nitrogen and oxygen atoms in total. The molecular formula is C32H48F2O. The summed E-state index contributed by atoms with van der Waals surface area (Å²) in [5.41, 5.74) is 0.507. The summed E-state index contributed by atoms with van der Waals surface area (Å²) in [6.45, 7) is 6.49. The van der Waals surface area contributed by atoms with Crippen LogP contribution < -0.4 is 4.74 Å². The highest BCUT2D eigenvalue weighted by atomic mass is 19.2. The van der Waals surface area contributed by atoms with Gasteiger partial charge in [0.05, 0.1) is 6.61 Å². The highest BCUT2D eigenvalue weighted by Crippen LogP contribution is 2.46. The summed E-state index contributed by atoms with van der Waals surface area (Å²) in [5.74, 6) is 3.76. The van der Waals surface area contributed by atoms with Gasteiger partial charge in [0.25, 0.3) is 0 Å². The molecule has 0 N–H and O–H groups in total. The van der Waals surface area contributed by atoms with E-state index < -0.39 is 11.6 Å². The number of benzene rings is 1. The van der Waals surface area contributed by atoms with E-state index in [1.54, 1.807) is 12.1 Å². The standard InChI is InChI=1S/C32H48F2O/c1-3-5-22-35-30-21-20-29(31(33)32(30)34)15-10-24-8-13-26(14-9-24)28-18-16-27(17-19-28)25-11-6-23(4-2)7-12-25/h4,20-21,23-28H,2-3,5-19,22H2,1H3. The Morgan fingerprint density at radius 2 is 1.34 bits per heavy atom. The molecular weight excluding hydrogens is 438 g/mol. The molecule has 3 fully saturated rings. The van der Waals surface area contributed by atoms with Crippen molar-refractivity contribution in [2.75, 3.05) is 6.61 Å². The summed E-state index contributed by atoms with van der Waals surface area (Å²) in [6, 6.07) is 3.34. The number of hydrogen-bond donors (Lipinski definition) is 0. The van der Waals surface area contributed by atoms with E-state index in [0.29, 0.717) is 24.5 Å². The Morgan fingerprint density at radius 1 is 0.800 bits per heavy atom. The van der Waals surface area contributed by atoms with Crippen molar-refractivity contribution < 1.29 is 13.5 Å². The van der Waals surface area contributed by atoms with Gasteiger partial charge in [0.1, 0.15) is 0 Å². The maximum atomic E-state index is 14.6. The minimum absolute atomic E-state index is 0.0550. The van der Waals surface area contributed by atoms with Crippen molar-refractivity contribution in [3.8, 4) is 5.75 Å². The number of rotatable bonds is 10. The molecule has 1 aromatic rings. The molecule has 0 heterocycles. The molecule has 196 valence electrons. The molecule has 0 radical (unpaired) electrons. The van der Waals surface area contributed by atoms with Gasteiger partial charge >= 0.3 is 0 Å². The lowest BCUT2D eigenvalue weighted by Crippen LogP contribution is -2.29. The molecule has 0 spiro atoms. The van der Waals surface area contributed by atoms with Crippen LogP contribution in [-0.4, -0.2) is 6.61 Å². The predicted octanol–water partition coefficient (Wildman–Crippen LogP) is 9.68. The van der Waals surface area contributed by atoms with Gasteiger partial charge in [-0.05, 0) is 131 Å². The van der Waals surface area contributed by atoms with Crippen LogP contribution in [0.3, 0.4) is 0 Å². The van der Waals surface area contributed by atoms with Gasteiger partial charge in [-0.15, -0.1) is 6.58 Å². The quantitative estimate of drug-likeness (QED) is 0.236. The Hall–Kier alpha value is -1.38. The molecule has 1 aromatic carbocycles. The minimum Gasteiger partial charge on any atom is -0.490 e. The van der Waals surface area contributed by atoms with E-state index in [9.17, 15) is 8.78 Å². The van der Waals surface area contributed by atoms with Crippen LogP contribution in [0.2, 0.25) is 0 Å². The average Bonchev–Trinajstić information content (AvgIpc) is 2.91. The maximum absolute atomic E-state index is 14.6. The Balaban J connectivity index is 1.16. The molecule has 35 heavy (non-hydrogen) atoms. The normalized spacial score (nSPS) is 31.7. The molecule has 0 aromatic heterocycles. The first-order valence-electron chi connectivity index (χ1n) is 14.8. The van der Waals surface area contributed by atoms with Gasteiger partial charge in [-0.2, -0.15) is 4.39 Å². The fraction of sp³-hybridized carbons (Fsp3) is 0.750. The van der Waals surface area contributed by atoms with Gasteiger partial charge in [-0.25, -0.2) is 4.39 Å². The van der Waals surface area contributed by atoms with Gasteiger partial charge in [-0.3, -0.25) is 0 Å². The van der Waals surface area contributed by atoms with Crippen LogP contribution in [0.4, 0.5) is 8.78 Å². The first-order valence-corrected chi connectivity index (χ1v) is 14.8. The van der Waals surface area contributed by atoms with Crippen molar-refractivity contribution in [3.63, 3.8) is 0 Å². The first-order chi connectivity index (χ1) is 17.1. The lowest BCUT2D eigenvalue weighted by Gasteiger charge is -2.41. The van der Waals surface area contributed by atoms with Crippen LogP contribution in [-0.2, 0) is 6.42 Å². The number of halogens is 2. The third-order valence-electron chi connectivity index (χ3n) is 9.90. The summed E-state index contributed by atoms with van der Waals surface area (Å²) < 4.78 is 34.4. The zero-order valence-corrected chi connectivity index (χ0v) is 22.1. The fourth-order valence-corrected chi connectivity index (χ4v) is 7.45. The Labute approximate surface area is 213 Å². The van der Waals surface area contributed by atoms with Crippen molar-refractivity contribution >= 4 is 0 Å². The third-order valence-corrected chi connectivity index (χ3v) is 9.90. The molecule has 0 unspecified atom stereocenters. The summed E-state index contributed by atoms with van der Waals surface area (Å²) >= 11 is 0. The van der Waals surface area contributed by atoms with Crippen molar-refractivity contribution in [1.29, 1.82) is 0 Å². The van der Waals surface area contributed by atoms with Gasteiger partial charge in [0, 0.05) is 0 Å². The maximum Gasteiger partial charge on any atom is 0.200 e. The van der Waals surface area contributed by atoms with Crippen LogP contribution in [0, 0.1) is 47.1 Å². The largest absolute Gasteiger partial charge is 0.490 e. The van der Waals surface area contributed by atoms with Crippen LogP contribution in [0.15, 0.2) is 24.8 Å². The second-order valence-electron chi connectivity index (χ2n) is 12.0. The Kier molecular flexibility index (Phi) is 10.1. The topological polar surface area (TPSA) is 9.23 Å². The van der Waals surface area contributed by atoms with Crippen molar-refractivity contribution in [1.82, 2.24) is 0 Å². The number of unbranched alkanes of at least 4 members (excludes halogenated alkanes) is 1. The van der Waals surface area contributed by atoms with Crippen molar-refractivity contribution in [3.05, 3.63) is 42.0 Å². The third kappa shape index (κ3) is 7.10. The van der Waals surface area contributed by atoms with Crippen LogP contribution >= 0.6 is 0 Å². The lowest BCUT2D eigenvalue weighted by molar-refractivity contribution is 0.107. The van der Waals surface area contributed by atoms with Crippen LogP contribution in [0.5, 0.6) is 5.75 Å². The first kappa shape index (κ1) is 26.7. The molecule has 0 saturated heterocycles. The highest BCUT2D eigenvalue weighted by molar-refractivity contribution is 5.31. The molecule has 3 aliphatic carbocycles. The zero-order valence-electron chi connectivity index (χ0n) is 22.1. The summed E-state index contributed by atoms with van der Waals surface area (Å²) in [7, 11) is 0. The molecule has 0 atom stereocenters. The summed E-state index contributed by atoms with van der Waals surface area (Å²) in [4.78, 5) is 0. The zero-order chi connectivity index (χ0) is 24.6. The molecule has 3 saturated carbocycles. The summed E-state index contributed by atoms with van der Waals surface area (Å²) in [6.07, 6.45) is 22.2. The number of aryl methyl sites for hydroxylation is 1. The minimum atomic E-state index is -0.813. The van der Waals surface area contributed by atoms with E-state index in [0.717, 1.165) is 48.9 Å². The smallest absolute Gasteiger partial charge is 0.200 e. The fourth-order valence-electron chi connectivity index (χ4n) is 7.45. The van der Waals surface area contributed by atoms with E-state index in [4.69, 9.17) is 4.74 Å². The van der Waals surface area contributed by atoms with E-state index in [1.807, 2.05) is 0 Å². The number of allylic oxidation sites excluding steroid dienone is 1. The van der Waals surface area contributed by atoms with Gasteiger partial charge < -0.3 is 4.74 Å². The second kappa shape index (κ2) is 13.2. The molecule has 4 rings (SSSR count). The van der Waals surface area contributed by atoms with E-state index in [-0.39, 0.29) is 5.75 Å². The lowest BCUT2D eigenvalue weighted by atomic mass is 9.65. The van der Waals surface area contributed by atoms with Gasteiger partial charge in [0.15, 0.2) is 11.6 Å². The molecule has 3 aliphatic rings. The van der Waals surface area contributed by atoms with E-state index in [2.05, 4.69) is 19.6 Å². The predicted molar refractivity (Wildman–Crippen MR) is 142 cm³/mol. The number of hydrogen-bond acceptors (Lipinski definition) is 1. The van der Waals surface area contributed by atoms with E-state index >= 15 is 0 Å². The van der Waals surface area contributed by atoms with E-state index in [1.165, 1.54) is 77.0 Å². The molecule has 0 amide bonds. The van der Waals surface area contributed by atoms with Gasteiger partial charge in [0.2, 0.25) is 5.82 Å². The van der Waals surface area contributed by atoms with Crippen LogP contribution in [0.25, 0.3) is 0 Å². The molecule has 0 bridgehead atoms. The Morgan fingerprint density at radius 3 is 1.89 bits per heavy atom. The second-order valence-corrected chi connectivity index (χ2v) is 12.0. The van der Waals surface area contributed by atoms with Crippen molar-refractivity contribution in [2.24, 2.45) is 35.5 Å². The number of ether oxygens (including phenoxy) is 1. The molecule has 0 aliphatic heterocycles. The monoisotopic (exact) mass is 486 g/mol. The van der Waals surface area contributed by atoms with Crippen molar-refractivity contribution in [2.45, 2.75) is 110 Å². The van der Waals surface area contributed by atoms with Crippen LogP contribution in [0.1, 0.15) is 109 Å². The Bertz CT molecular complexity index is 781. The highest BCUT2D eigenvalue weighted by Gasteiger charge is 2.34. The molecule has 3 heteroatoms. The average molecular weight is 487 g/mol. The summed E-state index contributed by atoms with van der Waals surface area (Å²) in [5, 5.41) is 0. The SMILES string of the molecule is C=CC1CCC(C2CCC(C3CCC(CCc4ccc(OCCCC)c(F)c4F)CC3)CC2)CC1.